The second-order valence-electron chi connectivity index (χ2n) is 5.64. The summed E-state index contributed by atoms with van der Waals surface area (Å²) in [7, 11) is 1.79. The number of phenolic OH excluding ortho intramolecular Hbond substituents is 1. The van der Waals surface area contributed by atoms with Crippen LogP contribution in [-0.4, -0.2) is 48.1 Å². The van der Waals surface area contributed by atoms with Crippen LogP contribution in [0.15, 0.2) is 23.2 Å². The number of piperidine rings is 1. The Hall–Kier alpha value is -2.31. The summed E-state index contributed by atoms with van der Waals surface area (Å²) < 4.78 is 13.3. The molecule has 0 aliphatic carbocycles. The number of halogens is 1. The van der Waals surface area contributed by atoms with E-state index < -0.39 is 5.82 Å². The molecule has 0 bridgehead atoms. The van der Waals surface area contributed by atoms with Gasteiger partial charge in [0.25, 0.3) is 0 Å². The molecule has 126 valence electrons. The summed E-state index contributed by atoms with van der Waals surface area (Å²) in [6, 6.07) is 4.38. The van der Waals surface area contributed by atoms with Crippen molar-refractivity contribution in [3.8, 4) is 5.75 Å². The number of hydrogen-bond donors (Lipinski definition) is 3. The minimum Gasteiger partial charge on any atom is -0.505 e. The quantitative estimate of drug-likeness (QED) is 0.575. The molecule has 0 aromatic heterocycles. The Balaban J connectivity index is 1.99. The largest absolute Gasteiger partial charge is 0.505 e. The lowest BCUT2D eigenvalue weighted by Gasteiger charge is -2.31. The molecule has 1 amide bonds. The monoisotopic (exact) mass is 322 g/mol. The fourth-order valence-corrected chi connectivity index (χ4v) is 2.46. The first-order valence-electron chi connectivity index (χ1n) is 7.75. The van der Waals surface area contributed by atoms with Crippen LogP contribution in [0.1, 0.15) is 25.3 Å². The Labute approximate surface area is 135 Å². The lowest BCUT2D eigenvalue weighted by molar-refractivity contribution is -0.132. The van der Waals surface area contributed by atoms with Crippen molar-refractivity contribution in [3.05, 3.63) is 29.6 Å². The first kappa shape index (κ1) is 17.1. The molecule has 23 heavy (non-hydrogen) atoms. The predicted octanol–water partition coefficient (Wildman–Crippen LogP) is 1.21. The van der Waals surface area contributed by atoms with Crippen molar-refractivity contribution in [1.82, 2.24) is 15.5 Å². The highest BCUT2D eigenvalue weighted by Gasteiger charge is 2.23. The zero-order valence-corrected chi connectivity index (χ0v) is 13.5. The van der Waals surface area contributed by atoms with E-state index in [-0.39, 0.29) is 17.7 Å². The van der Waals surface area contributed by atoms with Crippen LogP contribution >= 0.6 is 0 Å². The smallest absolute Gasteiger partial charge is 0.222 e. The topological polar surface area (TPSA) is 77.0 Å². The molecule has 2 rings (SSSR count). The van der Waals surface area contributed by atoms with E-state index in [1.54, 1.807) is 18.0 Å². The predicted molar refractivity (Wildman–Crippen MR) is 86.7 cm³/mol. The highest BCUT2D eigenvalue weighted by Crippen LogP contribution is 2.16. The number of benzene rings is 1. The number of aromatic hydroxyl groups is 1. The Morgan fingerprint density at radius 3 is 2.96 bits per heavy atom. The van der Waals surface area contributed by atoms with Crippen molar-refractivity contribution >= 4 is 11.9 Å². The number of carbonyl (C=O) groups excluding carboxylic acids is 1. The van der Waals surface area contributed by atoms with Gasteiger partial charge in [0, 0.05) is 32.6 Å². The number of nitrogens with one attached hydrogen (secondary N) is 2. The molecule has 1 heterocycles. The highest BCUT2D eigenvalue weighted by atomic mass is 19.1. The summed E-state index contributed by atoms with van der Waals surface area (Å²) >= 11 is 0. The molecule has 0 saturated carbocycles. The maximum atomic E-state index is 13.3. The van der Waals surface area contributed by atoms with E-state index in [9.17, 15) is 14.3 Å². The van der Waals surface area contributed by atoms with E-state index in [2.05, 4.69) is 15.6 Å². The van der Waals surface area contributed by atoms with E-state index in [0.717, 1.165) is 6.42 Å². The highest BCUT2D eigenvalue weighted by molar-refractivity contribution is 5.81. The van der Waals surface area contributed by atoms with Crippen LogP contribution < -0.4 is 10.6 Å². The van der Waals surface area contributed by atoms with Gasteiger partial charge in [0.1, 0.15) is 0 Å². The van der Waals surface area contributed by atoms with Gasteiger partial charge in [0.2, 0.25) is 5.91 Å². The summed E-state index contributed by atoms with van der Waals surface area (Å²) in [6.07, 6.45) is 1.29. The number of nitrogens with zero attached hydrogens (tertiary/aromatic N) is 2. The molecule has 1 unspecified atom stereocenters. The zero-order valence-electron chi connectivity index (χ0n) is 13.5. The van der Waals surface area contributed by atoms with Gasteiger partial charge in [-0.15, -0.1) is 0 Å². The molecule has 1 atom stereocenters. The van der Waals surface area contributed by atoms with E-state index in [1.807, 2.05) is 6.92 Å². The van der Waals surface area contributed by atoms with Crippen LogP contribution in [-0.2, 0) is 11.3 Å². The SMILES string of the molecule is CCNC(=NCc1ccc(O)c(F)c1)NC1CCC(=O)N(C)C1. The standard InChI is InChI=1S/C16H23FN4O2/c1-3-18-16(20-12-5-7-15(23)21(2)10-12)19-9-11-4-6-14(22)13(17)8-11/h4,6,8,12,22H,3,5,7,9-10H2,1-2H3,(H2,18,19,20). The van der Waals surface area contributed by atoms with E-state index in [4.69, 9.17) is 0 Å². The van der Waals surface area contributed by atoms with Crippen molar-refractivity contribution in [3.63, 3.8) is 0 Å². The van der Waals surface area contributed by atoms with E-state index in [1.165, 1.54) is 12.1 Å². The molecule has 1 saturated heterocycles. The molecule has 1 aromatic rings. The third kappa shape index (κ3) is 4.84. The molecule has 0 radical (unpaired) electrons. The molecule has 1 aromatic carbocycles. The number of phenols is 1. The molecular formula is C16H23FN4O2. The van der Waals surface area contributed by atoms with Crippen LogP contribution in [0.4, 0.5) is 4.39 Å². The van der Waals surface area contributed by atoms with Crippen LogP contribution in [0.5, 0.6) is 5.75 Å². The first-order valence-corrected chi connectivity index (χ1v) is 7.75. The fraction of sp³-hybridized carbons (Fsp3) is 0.500. The summed E-state index contributed by atoms with van der Waals surface area (Å²) in [4.78, 5) is 17.7. The Bertz CT molecular complexity index is 591. The molecule has 6 nitrogen and oxygen atoms in total. The normalized spacial score (nSPS) is 18.9. The maximum absolute atomic E-state index is 13.3. The lowest BCUT2D eigenvalue weighted by atomic mass is 10.1. The van der Waals surface area contributed by atoms with Gasteiger partial charge in [-0.05, 0) is 31.0 Å². The Morgan fingerprint density at radius 1 is 1.52 bits per heavy atom. The van der Waals surface area contributed by atoms with Crippen molar-refractivity contribution in [1.29, 1.82) is 0 Å². The summed E-state index contributed by atoms with van der Waals surface area (Å²) in [5, 5.41) is 15.7. The number of likely N-dealkylation sites (tertiary alicyclic amines) is 1. The van der Waals surface area contributed by atoms with Crippen LogP contribution in [0.3, 0.4) is 0 Å². The molecule has 0 spiro atoms. The van der Waals surface area contributed by atoms with E-state index >= 15 is 0 Å². The molecule has 1 fully saturated rings. The van der Waals surface area contributed by atoms with Crippen LogP contribution in [0.25, 0.3) is 0 Å². The Kier molecular flexibility index (Phi) is 5.78. The van der Waals surface area contributed by atoms with Gasteiger partial charge in [-0.3, -0.25) is 4.79 Å². The van der Waals surface area contributed by atoms with Crippen LogP contribution in [0.2, 0.25) is 0 Å². The van der Waals surface area contributed by atoms with Gasteiger partial charge < -0.3 is 20.6 Å². The van der Waals surface area contributed by atoms with Crippen molar-refractivity contribution in [2.75, 3.05) is 20.1 Å². The molecular weight excluding hydrogens is 299 g/mol. The lowest BCUT2D eigenvalue weighted by Crippen LogP contribution is -2.51. The maximum Gasteiger partial charge on any atom is 0.222 e. The van der Waals surface area contributed by atoms with Crippen LogP contribution in [0, 0.1) is 5.82 Å². The van der Waals surface area contributed by atoms with Crippen molar-refractivity contribution in [2.24, 2.45) is 4.99 Å². The second-order valence-corrected chi connectivity index (χ2v) is 5.64. The van der Waals surface area contributed by atoms with Crippen molar-refractivity contribution in [2.45, 2.75) is 32.4 Å². The minimum atomic E-state index is -0.650. The summed E-state index contributed by atoms with van der Waals surface area (Å²) in [5.41, 5.74) is 0.674. The summed E-state index contributed by atoms with van der Waals surface area (Å²) in [6.45, 7) is 3.61. The molecule has 1 aliphatic rings. The number of rotatable bonds is 4. The Morgan fingerprint density at radius 2 is 2.30 bits per heavy atom. The van der Waals surface area contributed by atoms with Gasteiger partial charge >= 0.3 is 0 Å². The molecule has 1 aliphatic heterocycles. The van der Waals surface area contributed by atoms with Gasteiger partial charge in [0.15, 0.2) is 17.5 Å². The minimum absolute atomic E-state index is 0.145. The van der Waals surface area contributed by atoms with E-state index in [0.29, 0.717) is 37.6 Å². The number of guanidine groups is 1. The summed E-state index contributed by atoms with van der Waals surface area (Å²) in [5.74, 6) is -0.223. The number of hydrogen-bond acceptors (Lipinski definition) is 3. The first-order chi connectivity index (χ1) is 11.0. The molecule has 7 heteroatoms. The van der Waals surface area contributed by atoms with Gasteiger partial charge in [0.05, 0.1) is 6.54 Å². The average molecular weight is 322 g/mol. The zero-order chi connectivity index (χ0) is 16.8. The van der Waals surface area contributed by atoms with Gasteiger partial charge in [-0.1, -0.05) is 6.07 Å². The molecule has 3 N–H and O–H groups in total. The third-order valence-corrected chi connectivity index (χ3v) is 3.74. The number of aliphatic imine (C=N–C) groups is 1. The second kappa shape index (κ2) is 7.80. The fourth-order valence-electron chi connectivity index (χ4n) is 2.46. The average Bonchev–Trinajstić information content (AvgIpc) is 2.52. The third-order valence-electron chi connectivity index (χ3n) is 3.74. The number of carbonyl (C=O) groups is 1. The number of likely N-dealkylation sites (N-methyl/N-ethyl adjacent to an activating group) is 1. The van der Waals surface area contributed by atoms with Gasteiger partial charge in [-0.2, -0.15) is 0 Å². The van der Waals surface area contributed by atoms with Crippen molar-refractivity contribution < 1.29 is 14.3 Å². The number of amides is 1. The van der Waals surface area contributed by atoms with Gasteiger partial charge in [-0.25, -0.2) is 9.38 Å².